The second-order valence-electron chi connectivity index (χ2n) is 8.34. The van der Waals surface area contributed by atoms with Crippen molar-refractivity contribution in [1.82, 2.24) is 14.8 Å². The summed E-state index contributed by atoms with van der Waals surface area (Å²) in [5, 5.41) is 14.9. The molecule has 2 aliphatic heterocycles. The van der Waals surface area contributed by atoms with Crippen LogP contribution in [0.2, 0.25) is 5.02 Å². The van der Waals surface area contributed by atoms with Gasteiger partial charge in [0.2, 0.25) is 0 Å². The smallest absolute Gasteiger partial charge is 0.255 e. The summed E-state index contributed by atoms with van der Waals surface area (Å²) in [6.07, 6.45) is 5.10. The fourth-order valence-electron chi connectivity index (χ4n) is 4.34. The van der Waals surface area contributed by atoms with Gasteiger partial charge in [0.1, 0.15) is 5.60 Å². The second-order valence-corrected chi connectivity index (χ2v) is 9.66. The van der Waals surface area contributed by atoms with Gasteiger partial charge < -0.3 is 19.9 Å². The summed E-state index contributed by atoms with van der Waals surface area (Å²) < 4.78 is 2.28. The van der Waals surface area contributed by atoms with Gasteiger partial charge in [-0.05, 0) is 49.1 Å². The number of likely N-dealkylation sites (tertiary alicyclic amines) is 1. The number of hydrogen-bond acceptors (Lipinski definition) is 4. The largest absolute Gasteiger partial charge is 0.385 e. The molecule has 0 radical (unpaired) electrons. The first-order valence-electron chi connectivity index (χ1n) is 10.2. The number of aryl methyl sites for hydroxylation is 1. The molecular weight excluding hydrogens is 470 g/mol. The molecule has 8 heteroatoms. The Balaban J connectivity index is 1.57. The topological polar surface area (TPSA) is 74.6 Å². The number of β-amino-alcohol motifs (C(OH)–C–C–N with tert-alkyl or cyclic N) is 1. The van der Waals surface area contributed by atoms with Gasteiger partial charge in [0.15, 0.2) is 0 Å². The van der Waals surface area contributed by atoms with Crippen molar-refractivity contribution in [1.29, 1.82) is 0 Å². The van der Waals surface area contributed by atoms with Crippen molar-refractivity contribution in [2.75, 3.05) is 19.6 Å². The minimum absolute atomic E-state index is 0.0245. The van der Waals surface area contributed by atoms with Crippen molar-refractivity contribution in [3.05, 3.63) is 67.0 Å². The summed E-state index contributed by atoms with van der Waals surface area (Å²) in [4.78, 5) is 27.2. The van der Waals surface area contributed by atoms with Crippen molar-refractivity contribution in [3.63, 3.8) is 0 Å². The Bertz CT molecular complexity index is 1030. The van der Waals surface area contributed by atoms with E-state index in [1.165, 1.54) is 10.6 Å². The van der Waals surface area contributed by atoms with Gasteiger partial charge in [-0.2, -0.15) is 0 Å². The third-order valence-electron chi connectivity index (χ3n) is 6.12. The first-order chi connectivity index (χ1) is 14.3. The van der Waals surface area contributed by atoms with E-state index < -0.39 is 5.60 Å². The van der Waals surface area contributed by atoms with Gasteiger partial charge in [0.05, 0.1) is 18.7 Å². The number of halogens is 2. The molecule has 1 amide bonds. The van der Waals surface area contributed by atoms with E-state index in [1.54, 1.807) is 24.2 Å². The minimum Gasteiger partial charge on any atom is -0.385 e. The number of pyridine rings is 1. The van der Waals surface area contributed by atoms with Crippen molar-refractivity contribution >= 4 is 33.4 Å². The zero-order chi connectivity index (χ0) is 21.5. The fraction of sp³-hybridized carbons (Fsp3) is 0.455. The number of carbonyl (C=O) groups excluding carboxylic acids is 1. The van der Waals surface area contributed by atoms with Crippen molar-refractivity contribution in [3.8, 4) is 0 Å². The normalized spacial score (nSPS) is 20.7. The average molecular weight is 495 g/mol. The highest BCUT2D eigenvalue weighted by Gasteiger charge is 2.49. The zero-order valence-corrected chi connectivity index (χ0v) is 19.2. The molecule has 160 valence electrons. The predicted molar refractivity (Wildman–Crippen MR) is 120 cm³/mol. The molecule has 2 aromatic rings. The molecule has 3 heterocycles. The first-order valence-corrected chi connectivity index (χ1v) is 11.3. The van der Waals surface area contributed by atoms with Crippen molar-refractivity contribution < 1.29 is 9.90 Å². The Morgan fingerprint density at radius 2 is 2.07 bits per heavy atom. The zero-order valence-electron chi connectivity index (χ0n) is 16.8. The summed E-state index contributed by atoms with van der Waals surface area (Å²) >= 11 is 9.75. The summed E-state index contributed by atoms with van der Waals surface area (Å²) in [5.74, 6) is -0.172. The SMILES string of the molecule is Cn1cc(C(=O)N2CC(O)([C@@H]3CCCCN3)C2)c(Cc2ccc(Br)cc2Cl)cc1=O. The number of hydrogen-bond donors (Lipinski definition) is 2. The molecule has 0 saturated carbocycles. The Morgan fingerprint density at radius 3 is 2.73 bits per heavy atom. The van der Waals surface area contributed by atoms with Gasteiger partial charge in [-0.15, -0.1) is 0 Å². The van der Waals surface area contributed by atoms with Gasteiger partial charge in [0.25, 0.3) is 11.5 Å². The number of benzene rings is 1. The van der Waals surface area contributed by atoms with Crippen LogP contribution in [0.3, 0.4) is 0 Å². The third-order valence-corrected chi connectivity index (χ3v) is 6.96. The van der Waals surface area contributed by atoms with Gasteiger partial charge in [-0.1, -0.05) is 40.0 Å². The van der Waals surface area contributed by atoms with E-state index in [-0.39, 0.29) is 17.5 Å². The lowest BCUT2D eigenvalue weighted by atomic mass is 9.81. The van der Waals surface area contributed by atoms with Crippen LogP contribution in [0.4, 0.5) is 0 Å². The van der Waals surface area contributed by atoms with E-state index in [1.807, 2.05) is 12.1 Å². The Morgan fingerprint density at radius 1 is 1.30 bits per heavy atom. The van der Waals surface area contributed by atoms with Gasteiger partial charge in [-0.25, -0.2) is 0 Å². The number of nitrogens with zero attached hydrogens (tertiary/aromatic N) is 2. The average Bonchev–Trinajstić information content (AvgIpc) is 2.70. The molecule has 1 aromatic carbocycles. The molecule has 0 bridgehead atoms. The highest BCUT2D eigenvalue weighted by molar-refractivity contribution is 9.10. The molecule has 2 saturated heterocycles. The summed E-state index contributed by atoms with van der Waals surface area (Å²) in [6, 6.07) is 7.09. The van der Waals surface area contributed by atoms with Crippen LogP contribution in [0.5, 0.6) is 0 Å². The number of aliphatic hydroxyl groups is 1. The van der Waals surface area contributed by atoms with E-state index in [2.05, 4.69) is 21.2 Å². The summed E-state index contributed by atoms with van der Waals surface area (Å²) in [6.45, 7) is 1.50. The van der Waals surface area contributed by atoms with Crippen LogP contribution in [0.1, 0.15) is 40.7 Å². The van der Waals surface area contributed by atoms with Crippen LogP contribution in [0, 0.1) is 0 Å². The number of aromatic nitrogens is 1. The van der Waals surface area contributed by atoms with E-state index in [0.717, 1.165) is 35.8 Å². The lowest BCUT2D eigenvalue weighted by Crippen LogP contribution is -2.72. The molecule has 2 N–H and O–H groups in total. The molecule has 2 fully saturated rings. The van der Waals surface area contributed by atoms with Crippen LogP contribution < -0.4 is 10.9 Å². The maximum atomic E-state index is 13.2. The lowest BCUT2D eigenvalue weighted by molar-refractivity contribution is -0.108. The molecule has 0 unspecified atom stereocenters. The number of rotatable bonds is 4. The maximum Gasteiger partial charge on any atom is 0.255 e. The minimum atomic E-state index is -0.883. The molecule has 1 atom stereocenters. The highest BCUT2D eigenvalue weighted by atomic mass is 79.9. The molecule has 4 rings (SSSR count). The van der Waals surface area contributed by atoms with Crippen LogP contribution in [-0.4, -0.2) is 51.8 Å². The molecule has 1 aromatic heterocycles. The predicted octanol–water partition coefficient (Wildman–Crippen LogP) is 2.72. The van der Waals surface area contributed by atoms with Crippen LogP contribution in [0.15, 0.2) is 39.7 Å². The monoisotopic (exact) mass is 493 g/mol. The summed E-state index contributed by atoms with van der Waals surface area (Å²) in [7, 11) is 1.63. The Hall–Kier alpha value is -1.67. The van der Waals surface area contributed by atoms with Crippen molar-refractivity contribution in [2.45, 2.75) is 37.3 Å². The number of amides is 1. The van der Waals surface area contributed by atoms with E-state index in [4.69, 9.17) is 11.6 Å². The molecule has 2 aliphatic rings. The first kappa shape index (κ1) is 21.6. The number of carbonyl (C=O) groups is 1. The number of piperidine rings is 1. The number of nitrogens with one attached hydrogen (secondary N) is 1. The third kappa shape index (κ3) is 4.21. The summed E-state index contributed by atoms with van der Waals surface area (Å²) in [5.41, 5.74) is 0.884. The molecule has 0 spiro atoms. The van der Waals surface area contributed by atoms with E-state index in [0.29, 0.717) is 35.7 Å². The fourth-order valence-corrected chi connectivity index (χ4v) is 5.08. The molecule has 0 aliphatic carbocycles. The van der Waals surface area contributed by atoms with E-state index >= 15 is 0 Å². The van der Waals surface area contributed by atoms with Gasteiger partial charge >= 0.3 is 0 Å². The van der Waals surface area contributed by atoms with Crippen LogP contribution >= 0.6 is 27.5 Å². The van der Waals surface area contributed by atoms with Gasteiger partial charge in [-0.3, -0.25) is 9.59 Å². The standard InChI is InChI=1S/C22H25BrClN3O3/c1-26-11-17(15(9-20(26)28)8-14-5-6-16(23)10-18(14)24)21(29)27-12-22(30,13-27)19-4-2-3-7-25-19/h5-6,9-11,19,25,30H,2-4,7-8,12-13H2,1H3/t19-/m0/s1. The lowest BCUT2D eigenvalue weighted by Gasteiger charge is -2.51. The second kappa shape index (κ2) is 8.46. The molecular formula is C22H25BrClN3O3. The van der Waals surface area contributed by atoms with Crippen LogP contribution in [-0.2, 0) is 13.5 Å². The van der Waals surface area contributed by atoms with Crippen LogP contribution in [0.25, 0.3) is 0 Å². The quantitative estimate of drug-likeness (QED) is 0.685. The van der Waals surface area contributed by atoms with Crippen molar-refractivity contribution in [2.24, 2.45) is 7.05 Å². The molecule has 30 heavy (non-hydrogen) atoms. The molecule has 6 nitrogen and oxygen atoms in total. The maximum absolute atomic E-state index is 13.2. The Kier molecular flexibility index (Phi) is 6.08. The van der Waals surface area contributed by atoms with E-state index in [9.17, 15) is 14.7 Å². The Labute approximate surface area is 189 Å². The van der Waals surface area contributed by atoms with Gasteiger partial charge in [0, 0.05) is 34.8 Å². The highest BCUT2D eigenvalue weighted by Crippen LogP contribution is 2.31.